The number of para-hydroxylation sites is 1. The third-order valence-electron chi connectivity index (χ3n) is 4.83. The Morgan fingerprint density at radius 1 is 0.800 bits per heavy atom. The van der Waals surface area contributed by atoms with Gasteiger partial charge in [0.05, 0.1) is 6.42 Å². The predicted octanol–water partition coefficient (Wildman–Crippen LogP) is 4.88. The summed E-state index contributed by atoms with van der Waals surface area (Å²) in [6, 6.07) is 26.9. The molecule has 4 rings (SSSR count). The highest BCUT2D eigenvalue weighted by Gasteiger charge is 2.21. The summed E-state index contributed by atoms with van der Waals surface area (Å²) in [4.78, 5) is 14.8. The minimum atomic E-state index is 0.180. The molecular formula is C23H21NO. The molecule has 3 aromatic rings. The first-order valence-electron chi connectivity index (χ1n) is 8.84. The molecule has 3 aromatic carbocycles. The SMILES string of the molecule is O=C(Cc1ccc(-c2ccccc2)cc1)N1CCCc2ccccc21. The van der Waals surface area contributed by atoms with Crippen molar-refractivity contribution < 1.29 is 4.79 Å². The Balaban J connectivity index is 1.50. The molecular weight excluding hydrogens is 306 g/mol. The van der Waals surface area contributed by atoms with Crippen LogP contribution in [0.1, 0.15) is 17.5 Å². The predicted molar refractivity (Wildman–Crippen MR) is 103 cm³/mol. The first kappa shape index (κ1) is 15.6. The smallest absolute Gasteiger partial charge is 0.231 e. The van der Waals surface area contributed by atoms with E-state index in [9.17, 15) is 4.79 Å². The lowest BCUT2D eigenvalue weighted by Gasteiger charge is -2.29. The number of carbonyl (C=O) groups excluding carboxylic acids is 1. The van der Waals surface area contributed by atoms with Gasteiger partial charge in [-0.1, -0.05) is 72.8 Å². The summed E-state index contributed by atoms with van der Waals surface area (Å²) in [5.41, 5.74) is 5.80. The first-order valence-corrected chi connectivity index (χ1v) is 8.84. The highest BCUT2D eigenvalue weighted by molar-refractivity contribution is 5.96. The summed E-state index contributed by atoms with van der Waals surface area (Å²) in [6.45, 7) is 0.817. The second-order valence-corrected chi connectivity index (χ2v) is 6.52. The minimum absolute atomic E-state index is 0.180. The standard InChI is InChI=1S/C23H21NO/c25-23(24-16-6-10-21-9-4-5-11-22(21)24)17-18-12-14-20(15-13-18)19-7-2-1-3-8-19/h1-5,7-9,11-15H,6,10,16-17H2. The number of carbonyl (C=O) groups is 1. The van der Waals surface area contributed by atoms with Crippen LogP contribution in [0.4, 0.5) is 5.69 Å². The van der Waals surface area contributed by atoms with Gasteiger partial charge in [0.1, 0.15) is 0 Å². The van der Waals surface area contributed by atoms with Crippen LogP contribution < -0.4 is 4.90 Å². The van der Waals surface area contributed by atoms with E-state index in [-0.39, 0.29) is 5.91 Å². The molecule has 0 unspecified atom stereocenters. The minimum Gasteiger partial charge on any atom is -0.312 e. The van der Waals surface area contributed by atoms with Crippen LogP contribution in [-0.4, -0.2) is 12.5 Å². The molecule has 1 aliphatic rings. The molecule has 0 N–H and O–H groups in total. The van der Waals surface area contributed by atoms with Crippen molar-refractivity contribution in [2.24, 2.45) is 0 Å². The van der Waals surface area contributed by atoms with Crippen molar-refractivity contribution in [3.63, 3.8) is 0 Å². The molecule has 0 bridgehead atoms. The van der Waals surface area contributed by atoms with Gasteiger partial charge in [-0.3, -0.25) is 4.79 Å². The van der Waals surface area contributed by atoms with Crippen molar-refractivity contribution in [3.8, 4) is 11.1 Å². The van der Waals surface area contributed by atoms with Crippen LogP contribution in [0.25, 0.3) is 11.1 Å². The van der Waals surface area contributed by atoms with Crippen LogP contribution in [0.2, 0.25) is 0 Å². The fourth-order valence-electron chi connectivity index (χ4n) is 3.51. The van der Waals surface area contributed by atoms with E-state index in [0.717, 1.165) is 30.6 Å². The number of rotatable bonds is 3. The van der Waals surface area contributed by atoms with Gasteiger partial charge < -0.3 is 4.90 Å². The van der Waals surface area contributed by atoms with Gasteiger partial charge in [-0.05, 0) is 41.2 Å². The lowest BCUT2D eigenvalue weighted by atomic mass is 10.00. The topological polar surface area (TPSA) is 20.3 Å². The zero-order chi connectivity index (χ0) is 17.1. The summed E-state index contributed by atoms with van der Waals surface area (Å²) in [5.74, 6) is 0.180. The third kappa shape index (κ3) is 3.34. The van der Waals surface area contributed by atoms with Crippen LogP contribution >= 0.6 is 0 Å². The maximum absolute atomic E-state index is 12.8. The Morgan fingerprint density at radius 2 is 1.48 bits per heavy atom. The number of benzene rings is 3. The Kier molecular flexibility index (Phi) is 4.34. The number of fused-ring (bicyclic) bond motifs is 1. The summed E-state index contributed by atoms with van der Waals surface area (Å²) in [5, 5.41) is 0. The highest BCUT2D eigenvalue weighted by atomic mass is 16.2. The van der Waals surface area contributed by atoms with Gasteiger partial charge in [0.15, 0.2) is 0 Å². The van der Waals surface area contributed by atoms with E-state index >= 15 is 0 Å². The molecule has 0 aliphatic carbocycles. The number of amides is 1. The van der Waals surface area contributed by atoms with Gasteiger partial charge in [-0.15, -0.1) is 0 Å². The molecule has 124 valence electrons. The van der Waals surface area contributed by atoms with Crippen LogP contribution in [0.5, 0.6) is 0 Å². The Morgan fingerprint density at radius 3 is 2.28 bits per heavy atom. The lowest BCUT2D eigenvalue weighted by Crippen LogP contribution is -2.36. The summed E-state index contributed by atoms with van der Waals surface area (Å²) in [6.07, 6.45) is 2.55. The molecule has 1 amide bonds. The molecule has 0 radical (unpaired) electrons. The Labute approximate surface area is 148 Å². The van der Waals surface area contributed by atoms with Gasteiger partial charge in [-0.2, -0.15) is 0 Å². The van der Waals surface area contributed by atoms with Crippen molar-refractivity contribution >= 4 is 11.6 Å². The Hall–Kier alpha value is -2.87. The third-order valence-corrected chi connectivity index (χ3v) is 4.83. The van der Waals surface area contributed by atoms with Gasteiger partial charge in [0, 0.05) is 12.2 Å². The zero-order valence-corrected chi connectivity index (χ0v) is 14.2. The molecule has 25 heavy (non-hydrogen) atoms. The normalized spacial score (nSPS) is 13.4. The van der Waals surface area contributed by atoms with Gasteiger partial charge >= 0.3 is 0 Å². The maximum Gasteiger partial charge on any atom is 0.231 e. The van der Waals surface area contributed by atoms with E-state index in [1.165, 1.54) is 16.7 Å². The molecule has 2 heteroatoms. The second kappa shape index (κ2) is 6.94. The summed E-state index contributed by atoms with van der Waals surface area (Å²) < 4.78 is 0. The average molecular weight is 327 g/mol. The number of nitrogens with zero attached hydrogens (tertiary/aromatic N) is 1. The molecule has 2 nitrogen and oxygen atoms in total. The van der Waals surface area contributed by atoms with Crippen molar-refractivity contribution in [2.75, 3.05) is 11.4 Å². The fraction of sp³-hybridized carbons (Fsp3) is 0.174. The quantitative estimate of drug-likeness (QED) is 0.672. The van der Waals surface area contributed by atoms with Crippen LogP contribution in [0.3, 0.4) is 0 Å². The average Bonchev–Trinajstić information content (AvgIpc) is 2.69. The maximum atomic E-state index is 12.8. The number of hydrogen-bond donors (Lipinski definition) is 0. The van der Waals surface area contributed by atoms with Crippen molar-refractivity contribution in [2.45, 2.75) is 19.3 Å². The molecule has 0 fully saturated rings. The largest absolute Gasteiger partial charge is 0.312 e. The Bertz CT molecular complexity index is 868. The fourth-order valence-corrected chi connectivity index (χ4v) is 3.51. The molecule has 0 atom stereocenters. The second-order valence-electron chi connectivity index (χ2n) is 6.52. The highest BCUT2D eigenvalue weighted by Crippen LogP contribution is 2.27. The van der Waals surface area contributed by atoms with Gasteiger partial charge in [0.25, 0.3) is 0 Å². The molecule has 0 spiro atoms. The first-order chi connectivity index (χ1) is 12.3. The van der Waals surface area contributed by atoms with Crippen molar-refractivity contribution in [3.05, 3.63) is 90.0 Å². The monoisotopic (exact) mass is 327 g/mol. The molecule has 0 saturated heterocycles. The van der Waals surface area contributed by atoms with E-state index in [2.05, 4.69) is 54.6 Å². The molecule has 0 saturated carbocycles. The molecule has 1 aliphatic heterocycles. The van der Waals surface area contributed by atoms with Crippen LogP contribution in [0.15, 0.2) is 78.9 Å². The zero-order valence-electron chi connectivity index (χ0n) is 14.2. The van der Waals surface area contributed by atoms with Crippen LogP contribution in [-0.2, 0) is 17.6 Å². The summed E-state index contributed by atoms with van der Waals surface area (Å²) >= 11 is 0. The lowest BCUT2D eigenvalue weighted by molar-refractivity contribution is -0.118. The van der Waals surface area contributed by atoms with Gasteiger partial charge in [-0.25, -0.2) is 0 Å². The number of hydrogen-bond acceptors (Lipinski definition) is 1. The summed E-state index contributed by atoms with van der Waals surface area (Å²) in [7, 11) is 0. The number of aryl methyl sites for hydroxylation is 1. The molecule has 1 heterocycles. The molecule has 0 aromatic heterocycles. The number of anilines is 1. The van der Waals surface area contributed by atoms with E-state index in [1.807, 2.05) is 29.2 Å². The van der Waals surface area contributed by atoms with E-state index in [1.54, 1.807) is 0 Å². The van der Waals surface area contributed by atoms with E-state index in [0.29, 0.717) is 6.42 Å². The van der Waals surface area contributed by atoms with Crippen LogP contribution in [0, 0.1) is 0 Å². The van der Waals surface area contributed by atoms with Crippen molar-refractivity contribution in [1.29, 1.82) is 0 Å². The van der Waals surface area contributed by atoms with E-state index < -0.39 is 0 Å². The van der Waals surface area contributed by atoms with E-state index in [4.69, 9.17) is 0 Å². The van der Waals surface area contributed by atoms with Gasteiger partial charge in [0.2, 0.25) is 5.91 Å². The van der Waals surface area contributed by atoms with Crippen molar-refractivity contribution in [1.82, 2.24) is 0 Å².